The summed E-state index contributed by atoms with van der Waals surface area (Å²) in [5, 5.41) is 8.62. The predicted molar refractivity (Wildman–Crippen MR) is 58.2 cm³/mol. The van der Waals surface area contributed by atoms with E-state index in [-0.39, 0.29) is 11.4 Å². The highest BCUT2D eigenvalue weighted by molar-refractivity contribution is 5.44. The second kappa shape index (κ2) is 5.13. The second-order valence-corrected chi connectivity index (χ2v) is 3.60. The lowest BCUT2D eigenvalue weighted by Crippen LogP contribution is -2.08. The summed E-state index contributed by atoms with van der Waals surface area (Å²) >= 11 is 0. The topological polar surface area (TPSA) is 58.8 Å². The first-order valence-corrected chi connectivity index (χ1v) is 5.17. The Labute approximate surface area is 110 Å². The number of hydrogen-bond acceptors (Lipinski definition) is 4. The Balaban J connectivity index is 2.44. The summed E-state index contributed by atoms with van der Waals surface area (Å²) in [5.74, 6) is -1.88. The minimum atomic E-state index is -4.71. The van der Waals surface area contributed by atoms with Gasteiger partial charge in [-0.3, -0.25) is 0 Å². The zero-order chi connectivity index (χ0) is 14.8. The van der Waals surface area contributed by atoms with Crippen LogP contribution in [0.25, 0.3) is 0 Å². The van der Waals surface area contributed by atoms with Crippen LogP contribution < -0.4 is 4.74 Å². The maximum absolute atomic E-state index is 12.9. The molecule has 0 saturated carbocycles. The van der Waals surface area contributed by atoms with Gasteiger partial charge in [0.2, 0.25) is 11.8 Å². The van der Waals surface area contributed by atoms with Crippen molar-refractivity contribution in [3.05, 3.63) is 47.7 Å². The normalized spacial score (nSPS) is 10.9. The third-order valence-corrected chi connectivity index (χ3v) is 2.24. The van der Waals surface area contributed by atoms with Crippen LogP contribution in [-0.4, -0.2) is 9.97 Å². The number of ether oxygens (including phenoxy) is 1. The van der Waals surface area contributed by atoms with E-state index in [1.807, 2.05) is 0 Å². The number of benzene rings is 1. The Kier molecular flexibility index (Phi) is 3.52. The van der Waals surface area contributed by atoms with Gasteiger partial charge in [-0.05, 0) is 18.2 Å². The number of rotatable bonds is 2. The molecule has 2 aromatic rings. The van der Waals surface area contributed by atoms with Gasteiger partial charge in [0.25, 0.3) is 0 Å². The van der Waals surface area contributed by atoms with E-state index in [4.69, 9.17) is 10.00 Å². The molecule has 0 fully saturated rings. The fourth-order valence-corrected chi connectivity index (χ4v) is 1.40. The van der Waals surface area contributed by atoms with Crippen molar-refractivity contribution in [2.45, 2.75) is 6.18 Å². The van der Waals surface area contributed by atoms with Gasteiger partial charge in [0, 0.05) is 0 Å². The maximum atomic E-state index is 12.9. The third-order valence-electron chi connectivity index (χ3n) is 2.24. The van der Waals surface area contributed by atoms with Crippen molar-refractivity contribution in [2.75, 3.05) is 0 Å². The first-order valence-electron chi connectivity index (χ1n) is 5.17. The Morgan fingerprint density at radius 2 is 1.90 bits per heavy atom. The molecule has 0 radical (unpaired) electrons. The molecule has 20 heavy (non-hydrogen) atoms. The Morgan fingerprint density at radius 3 is 2.50 bits per heavy atom. The SMILES string of the molecule is N#Cc1ccc(Oc2cc(F)ncn2)c(C(F)(F)F)c1. The summed E-state index contributed by atoms with van der Waals surface area (Å²) in [7, 11) is 0. The van der Waals surface area contributed by atoms with Crippen molar-refractivity contribution in [1.82, 2.24) is 9.97 Å². The minimum absolute atomic E-state index is 0.168. The predicted octanol–water partition coefficient (Wildman–Crippen LogP) is 3.30. The molecule has 0 amide bonds. The van der Waals surface area contributed by atoms with Crippen LogP contribution in [0.4, 0.5) is 17.6 Å². The lowest BCUT2D eigenvalue weighted by Gasteiger charge is -2.13. The van der Waals surface area contributed by atoms with Crippen molar-refractivity contribution in [1.29, 1.82) is 5.26 Å². The van der Waals surface area contributed by atoms with Gasteiger partial charge in [0.05, 0.1) is 23.3 Å². The number of hydrogen-bond donors (Lipinski definition) is 0. The molecule has 0 aliphatic heterocycles. The molecule has 0 aliphatic rings. The summed E-state index contributed by atoms with van der Waals surface area (Å²) in [5.41, 5.74) is -1.31. The Hall–Kier alpha value is -2.69. The zero-order valence-corrected chi connectivity index (χ0v) is 9.65. The van der Waals surface area contributed by atoms with E-state index in [0.29, 0.717) is 6.07 Å². The lowest BCUT2D eigenvalue weighted by atomic mass is 10.1. The molecule has 1 aromatic carbocycles. The summed E-state index contributed by atoms with van der Waals surface area (Å²) in [4.78, 5) is 6.65. The van der Waals surface area contributed by atoms with E-state index in [9.17, 15) is 17.6 Å². The summed E-state index contributed by atoms with van der Waals surface area (Å²) in [6.45, 7) is 0. The van der Waals surface area contributed by atoms with Gasteiger partial charge in [0.15, 0.2) is 0 Å². The number of alkyl halides is 3. The smallest absolute Gasteiger partial charge is 0.420 e. The van der Waals surface area contributed by atoms with E-state index in [2.05, 4.69) is 9.97 Å². The van der Waals surface area contributed by atoms with Crippen LogP contribution in [0.1, 0.15) is 11.1 Å². The van der Waals surface area contributed by atoms with Crippen LogP contribution >= 0.6 is 0 Å². The summed E-state index contributed by atoms with van der Waals surface area (Å²) in [6, 6.07) is 5.12. The number of aromatic nitrogens is 2. The molecule has 8 heteroatoms. The highest BCUT2D eigenvalue weighted by atomic mass is 19.4. The van der Waals surface area contributed by atoms with E-state index < -0.39 is 23.4 Å². The maximum Gasteiger partial charge on any atom is 0.420 e. The fourth-order valence-electron chi connectivity index (χ4n) is 1.40. The highest BCUT2D eigenvalue weighted by Gasteiger charge is 2.35. The van der Waals surface area contributed by atoms with E-state index in [1.165, 1.54) is 0 Å². The van der Waals surface area contributed by atoms with E-state index in [0.717, 1.165) is 24.5 Å². The average Bonchev–Trinajstić information content (AvgIpc) is 2.38. The first-order chi connectivity index (χ1) is 9.40. The molecule has 1 aromatic heterocycles. The molecule has 0 spiro atoms. The van der Waals surface area contributed by atoms with Gasteiger partial charge in [0.1, 0.15) is 12.1 Å². The Bertz CT molecular complexity index is 679. The molecule has 0 bridgehead atoms. The van der Waals surface area contributed by atoms with Crippen LogP contribution in [0.2, 0.25) is 0 Å². The molecule has 4 nitrogen and oxygen atoms in total. The van der Waals surface area contributed by atoms with Crippen LogP contribution in [-0.2, 0) is 6.18 Å². The molecule has 0 saturated heterocycles. The van der Waals surface area contributed by atoms with Gasteiger partial charge < -0.3 is 4.74 Å². The fraction of sp³-hybridized carbons (Fsp3) is 0.0833. The van der Waals surface area contributed by atoms with Crippen LogP contribution in [0.3, 0.4) is 0 Å². The molecular weight excluding hydrogens is 278 g/mol. The average molecular weight is 283 g/mol. The number of nitriles is 1. The van der Waals surface area contributed by atoms with Gasteiger partial charge in [-0.2, -0.15) is 22.8 Å². The van der Waals surface area contributed by atoms with Crippen molar-refractivity contribution in [3.63, 3.8) is 0 Å². The molecule has 0 unspecified atom stereocenters. The number of nitrogens with zero attached hydrogens (tertiary/aromatic N) is 3. The number of halogens is 4. The second-order valence-electron chi connectivity index (χ2n) is 3.60. The molecule has 0 aliphatic carbocycles. The molecular formula is C12H5F4N3O. The van der Waals surface area contributed by atoms with E-state index >= 15 is 0 Å². The molecule has 1 heterocycles. The van der Waals surface area contributed by atoms with Crippen LogP contribution in [0.15, 0.2) is 30.6 Å². The minimum Gasteiger partial charge on any atom is -0.438 e. The van der Waals surface area contributed by atoms with Crippen LogP contribution in [0.5, 0.6) is 11.6 Å². The van der Waals surface area contributed by atoms with Gasteiger partial charge >= 0.3 is 6.18 Å². The molecule has 2 rings (SSSR count). The molecule has 0 N–H and O–H groups in total. The molecule has 102 valence electrons. The van der Waals surface area contributed by atoms with Gasteiger partial charge in [-0.1, -0.05) is 0 Å². The lowest BCUT2D eigenvalue weighted by molar-refractivity contribution is -0.138. The Morgan fingerprint density at radius 1 is 1.15 bits per heavy atom. The quantitative estimate of drug-likeness (QED) is 0.626. The van der Waals surface area contributed by atoms with E-state index in [1.54, 1.807) is 6.07 Å². The van der Waals surface area contributed by atoms with Crippen molar-refractivity contribution >= 4 is 0 Å². The summed E-state index contributed by atoms with van der Waals surface area (Å²) in [6.07, 6.45) is -3.89. The largest absolute Gasteiger partial charge is 0.438 e. The first kappa shape index (κ1) is 13.7. The summed E-state index contributed by atoms with van der Waals surface area (Å²) < 4.78 is 56.3. The monoisotopic (exact) mass is 283 g/mol. The van der Waals surface area contributed by atoms with Crippen LogP contribution in [0, 0.1) is 17.3 Å². The van der Waals surface area contributed by atoms with Crippen molar-refractivity contribution < 1.29 is 22.3 Å². The molecule has 0 atom stereocenters. The highest BCUT2D eigenvalue weighted by Crippen LogP contribution is 2.38. The van der Waals surface area contributed by atoms with Gasteiger partial charge in [-0.25, -0.2) is 9.97 Å². The van der Waals surface area contributed by atoms with Crippen molar-refractivity contribution in [2.24, 2.45) is 0 Å². The standard InChI is InChI=1S/C12H5F4N3O/c13-10-4-11(19-6-18-10)20-9-2-1-7(5-17)3-8(9)12(14,15)16/h1-4,6H. The van der Waals surface area contributed by atoms with Gasteiger partial charge in [-0.15, -0.1) is 0 Å². The van der Waals surface area contributed by atoms with Crippen molar-refractivity contribution in [3.8, 4) is 17.7 Å². The zero-order valence-electron chi connectivity index (χ0n) is 9.65. The third kappa shape index (κ3) is 3.00.